The van der Waals surface area contributed by atoms with Crippen LogP contribution in [-0.4, -0.2) is 46.4 Å². The molecule has 0 bridgehead atoms. The molecule has 5 rings (SSSR count). The van der Waals surface area contributed by atoms with Crippen molar-refractivity contribution >= 4 is 49.8 Å². The van der Waals surface area contributed by atoms with Gasteiger partial charge in [0.2, 0.25) is 11.7 Å². The molecule has 0 spiro atoms. The number of aromatic nitrogens is 4. The van der Waals surface area contributed by atoms with Crippen LogP contribution in [0.5, 0.6) is 5.75 Å². The number of hydrogen-bond donors (Lipinski definition) is 2. The zero-order chi connectivity index (χ0) is 27.2. The average molecular weight is 583 g/mol. The van der Waals surface area contributed by atoms with E-state index in [2.05, 4.69) is 25.2 Å². The maximum atomic E-state index is 12.7. The van der Waals surface area contributed by atoms with E-state index < -0.39 is 10.0 Å². The molecule has 200 valence electrons. The van der Waals surface area contributed by atoms with Crippen LogP contribution in [0.25, 0.3) is 17.3 Å². The van der Waals surface area contributed by atoms with Crippen molar-refractivity contribution < 1.29 is 22.4 Å². The number of benzene rings is 2. The second-order valence-corrected chi connectivity index (χ2v) is 11.4. The number of ether oxygens (including phenoxy) is 1. The van der Waals surface area contributed by atoms with E-state index in [1.165, 1.54) is 53.6 Å². The van der Waals surface area contributed by atoms with Crippen LogP contribution in [0.3, 0.4) is 0 Å². The Morgan fingerprint density at radius 3 is 2.56 bits per heavy atom. The lowest BCUT2D eigenvalue weighted by Gasteiger charge is -2.11. The van der Waals surface area contributed by atoms with Gasteiger partial charge in [0, 0.05) is 17.3 Å². The summed E-state index contributed by atoms with van der Waals surface area (Å²) in [6.07, 6.45) is 3.07. The first kappa shape index (κ1) is 26.5. The van der Waals surface area contributed by atoms with E-state index in [0.717, 1.165) is 11.4 Å². The van der Waals surface area contributed by atoms with E-state index >= 15 is 0 Å². The van der Waals surface area contributed by atoms with E-state index in [0.29, 0.717) is 29.0 Å². The molecule has 0 aliphatic carbocycles. The monoisotopic (exact) mass is 582 g/mol. The molecule has 39 heavy (non-hydrogen) atoms. The van der Waals surface area contributed by atoms with Gasteiger partial charge in [0.25, 0.3) is 10.0 Å². The van der Waals surface area contributed by atoms with Gasteiger partial charge in [-0.25, -0.2) is 13.4 Å². The standard InChI is InChI=1S/C25H22N6O5S3/c1-2-35-19-9-7-18(8-10-19)31-23(21-4-3-14-36-21)28-29-25(31)38-16-22(32)27-17-5-11-20(12-6-17)39(33,34)30-24-26-13-15-37-24/h3-15H,2,16H2,1H3,(H,26,30)(H,27,32). The molecule has 0 radical (unpaired) electrons. The SMILES string of the molecule is CCOc1ccc(-n2c(SCC(=O)Nc3ccc(S(=O)(=O)Nc4nccs4)cc3)nnc2-c2ccco2)cc1. The highest BCUT2D eigenvalue weighted by Gasteiger charge is 2.20. The third kappa shape index (κ3) is 6.30. The fourth-order valence-corrected chi connectivity index (χ4v) is 6.05. The first-order chi connectivity index (χ1) is 18.9. The van der Waals surface area contributed by atoms with Crippen LogP contribution >= 0.6 is 23.1 Å². The predicted octanol–water partition coefficient (Wildman–Crippen LogP) is 4.91. The number of carbonyl (C=O) groups excluding carboxylic acids is 1. The van der Waals surface area contributed by atoms with Gasteiger partial charge in [-0.15, -0.1) is 21.5 Å². The second-order valence-electron chi connectivity index (χ2n) is 7.85. The van der Waals surface area contributed by atoms with Crippen LogP contribution in [0.15, 0.2) is 93.0 Å². The van der Waals surface area contributed by atoms with E-state index in [9.17, 15) is 13.2 Å². The van der Waals surface area contributed by atoms with Crippen molar-refractivity contribution in [2.45, 2.75) is 17.0 Å². The highest BCUT2D eigenvalue weighted by atomic mass is 32.2. The van der Waals surface area contributed by atoms with Crippen LogP contribution in [0.4, 0.5) is 10.8 Å². The Hall–Kier alpha value is -4.14. The Morgan fingerprint density at radius 1 is 1.10 bits per heavy atom. The molecule has 2 N–H and O–H groups in total. The fraction of sp³-hybridized carbons (Fsp3) is 0.120. The van der Waals surface area contributed by atoms with Crippen molar-refractivity contribution in [3.8, 4) is 23.0 Å². The highest BCUT2D eigenvalue weighted by molar-refractivity contribution is 7.99. The van der Waals surface area contributed by atoms with Gasteiger partial charge in [-0.3, -0.25) is 14.1 Å². The molecule has 0 saturated carbocycles. The average Bonchev–Trinajstić information content (AvgIpc) is 3.71. The number of carbonyl (C=O) groups is 1. The number of rotatable bonds is 11. The van der Waals surface area contributed by atoms with E-state index in [4.69, 9.17) is 9.15 Å². The molecular formula is C25H22N6O5S3. The smallest absolute Gasteiger partial charge is 0.263 e. The molecule has 0 unspecified atom stereocenters. The summed E-state index contributed by atoms with van der Waals surface area (Å²) in [5.41, 5.74) is 1.24. The number of furan rings is 1. The highest BCUT2D eigenvalue weighted by Crippen LogP contribution is 2.29. The molecule has 0 aliphatic heterocycles. The maximum absolute atomic E-state index is 12.7. The fourth-order valence-electron chi connectivity index (χ4n) is 3.51. The Morgan fingerprint density at radius 2 is 1.90 bits per heavy atom. The van der Waals surface area contributed by atoms with Gasteiger partial charge in [-0.1, -0.05) is 11.8 Å². The van der Waals surface area contributed by atoms with Gasteiger partial charge in [0.15, 0.2) is 16.0 Å². The summed E-state index contributed by atoms with van der Waals surface area (Å²) < 4.78 is 40.3. The summed E-state index contributed by atoms with van der Waals surface area (Å²) in [5, 5.41) is 13.8. The molecule has 5 aromatic rings. The summed E-state index contributed by atoms with van der Waals surface area (Å²) in [6, 6.07) is 16.9. The second kappa shape index (κ2) is 11.7. The molecule has 0 fully saturated rings. The summed E-state index contributed by atoms with van der Waals surface area (Å²) in [7, 11) is -3.78. The van der Waals surface area contributed by atoms with Crippen LogP contribution in [0.1, 0.15) is 6.92 Å². The molecule has 1 amide bonds. The number of hydrogen-bond acceptors (Lipinski definition) is 10. The minimum Gasteiger partial charge on any atom is -0.494 e. The Bertz CT molecular complexity index is 1630. The lowest BCUT2D eigenvalue weighted by Crippen LogP contribution is -2.15. The summed E-state index contributed by atoms with van der Waals surface area (Å²) >= 11 is 2.38. The molecule has 0 atom stereocenters. The normalized spacial score (nSPS) is 11.3. The van der Waals surface area contributed by atoms with E-state index in [1.807, 2.05) is 35.8 Å². The molecule has 2 aromatic carbocycles. The third-order valence-corrected chi connectivity index (χ3v) is 8.32. The molecule has 14 heteroatoms. The number of amides is 1. The van der Waals surface area contributed by atoms with Crippen LogP contribution in [0, 0.1) is 0 Å². The third-order valence-electron chi connectivity index (χ3n) is 5.22. The largest absolute Gasteiger partial charge is 0.494 e. The minimum absolute atomic E-state index is 0.0406. The van der Waals surface area contributed by atoms with E-state index in [1.54, 1.807) is 23.8 Å². The van der Waals surface area contributed by atoms with Gasteiger partial charge in [0.05, 0.1) is 29.2 Å². The molecule has 11 nitrogen and oxygen atoms in total. The molecule has 3 aromatic heterocycles. The summed E-state index contributed by atoms with van der Waals surface area (Å²) in [4.78, 5) is 16.7. The van der Waals surface area contributed by atoms with Crippen LogP contribution in [-0.2, 0) is 14.8 Å². The molecule has 3 heterocycles. The van der Waals surface area contributed by atoms with Crippen LogP contribution < -0.4 is 14.8 Å². The molecule has 0 saturated heterocycles. The van der Waals surface area contributed by atoms with Crippen molar-refractivity contribution in [1.29, 1.82) is 0 Å². The first-order valence-electron chi connectivity index (χ1n) is 11.6. The Balaban J connectivity index is 1.27. The lowest BCUT2D eigenvalue weighted by molar-refractivity contribution is -0.113. The summed E-state index contributed by atoms with van der Waals surface area (Å²) in [6.45, 7) is 2.47. The van der Waals surface area contributed by atoms with Gasteiger partial charge in [-0.05, 0) is 67.6 Å². The lowest BCUT2D eigenvalue weighted by atomic mass is 10.3. The number of thioether (sulfide) groups is 1. The summed E-state index contributed by atoms with van der Waals surface area (Å²) in [5.74, 6) is 1.51. The van der Waals surface area contributed by atoms with Gasteiger partial charge in [0.1, 0.15) is 5.75 Å². The van der Waals surface area contributed by atoms with Gasteiger partial charge in [-0.2, -0.15) is 0 Å². The zero-order valence-corrected chi connectivity index (χ0v) is 22.9. The van der Waals surface area contributed by atoms with Gasteiger partial charge < -0.3 is 14.5 Å². The number of nitrogens with zero attached hydrogens (tertiary/aromatic N) is 4. The molecule has 0 aliphatic rings. The number of nitrogens with one attached hydrogen (secondary N) is 2. The van der Waals surface area contributed by atoms with E-state index in [-0.39, 0.29) is 21.7 Å². The van der Waals surface area contributed by atoms with Gasteiger partial charge >= 0.3 is 0 Å². The Kier molecular flexibility index (Phi) is 7.95. The quantitative estimate of drug-likeness (QED) is 0.208. The first-order valence-corrected chi connectivity index (χ1v) is 15.0. The van der Waals surface area contributed by atoms with Crippen molar-refractivity contribution in [3.63, 3.8) is 0 Å². The number of anilines is 2. The zero-order valence-electron chi connectivity index (χ0n) is 20.5. The maximum Gasteiger partial charge on any atom is 0.263 e. The van der Waals surface area contributed by atoms with Crippen LogP contribution in [0.2, 0.25) is 0 Å². The predicted molar refractivity (Wildman–Crippen MR) is 149 cm³/mol. The van der Waals surface area contributed by atoms with Crippen molar-refractivity contribution in [3.05, 3.63) is 78.5 Å². The number of sulfonamides is 1. The molecular weight excluding hydrogens is 561 g/mol. The Labute approximate surface area is 232 Å². The minimum atomic E-state index is -3.78. The number of thiazole rings is 1. The topological polar surface area (TPSA) is 141 Å². The van der Waals surface area contributed by atoms with Crippen molar-refractivity contribution in [2.24, 2.45) is 0 Å². The van der Waals surface area contributed by atoms with Crippen molar-refractivity contribution in [1.82, 2.24) is 19.7 Å². The van der Waals surface area contributed by atoms with Crippen molar-refractivity contribution in [2.75, 3.05) is 22.4 Å².